The van der Waals surface area contributed by atoms with Crippen LogP contribution >= 0.6 is 0 Å². The quantitative estimate of drug-likeness (QED) is 0.509. The van der Waals surface area contributed by atoms with Crippen molar-refractivity contribution in [3.63, 3.8) is 0 Å². The Morgan fingerprint density at radius 3 is 2.38 bits per heavy atom. The number of piperazine rings is 1. The molecule has 1 aliphatic carbocycles. The van der Waals surface area contributed by atoms with Crippen molar-refractivity contribution in [2.24, 2.45) is 0 Å². The van der Waals surface area contributed by atoms with Crippen molar-refractivity contribution in [2.45, 2.75) is 31.8 Å². The lowest BCUT2D eigenvalue weighted by Crippen LogP contribution is -2.55. The summed E-state index contributed by atoms with van der Waals surface area (Å²) in [6.45, 7) is 3.99. The predicted molar refractivity (Wildman–Crippen MR) is 121 cm³/mol. The average Bonchev–Trinajstić information content (AvgIpc) is 3.63. The van der Waals surface area contributed by atoms with Crippen molar-refractivity contribution in [3.8, 4) is 0 Å². The molecular formula is C23H27N5O4. The van der Waals surface area contributed by atoms with E-state index in [2.05, 4.69) is 15.5 Å². The Bertz CT molecular complexity index is 1000. The molecule has 4 rings (SSSR count). The predicted octanol–water partition coefficient (Wildman–Crippen LogP) is 2.76. The highest BCUT2D eigenvalue weighted by molar-refractivity contribution is 5.96. The van der Waals surface area contributed by atoms with Gasteiger partial charge in [0.15, 0.2) is 0 Å². The van der Waals surface area contributed by atoms with Crippen molar-refractivity contribution >= 4 is 28.9 Å². The average molecular weight is 438 g/mol. The maximum atomic E-state index is 13.0. The van der Waals surface area contributed by atoms with Crippen molar-refractivity contribution in [3.05, 3.63) is 64.2 Å². The van der Waals surface area contributed by atoms with E-state index < -0.39 is 4.92 Å². The van der Waals surface area contributed by atoms with E-state index in [1.807, 2.05) is 37.3 Å². The van der Waals surface area contributed by atoms with Crippen LogP contribution in [-0.4, -0.2) is 64.8 Å². The van der Waals surface area contributed by atoms with E-state index in [1.165, 1.54) is 6.07 Å². The molecule has 2 fully saturated rings. The molecule has 2 aromatic rings. The molecule has 1 saturated heterocycles. The van der Waals surface area contributed by atoms with Gasteiger partial charge in [-0.1, -0.05) is 18.2 Å². The molecule has 2 aromatic carbocycles. The molecule has 9 heteroatoms. The van der Waals surface area contributed by atoms with E-state index in [4.69, 9.17) is 0 Å². The van der Waals surface area contributed by atoms with Gasteiger partial charge in [0, 0.05) is 49.5 Å². The van der Waals surface area contributed by atoms with E-state index in [9.17, 15) is 19.7 Å². The van der Waals surface area contributed by atoms with Crippen LogP contribution in [0.3, 0.4) is 0 Å². The van der Waals surface area contributed by atoms with Gasteiger partial charge < -0.3 is 15.5 Å². The number of carbonyl (C=O) groups excluding carboxylic acids is 2. The van der Waals surface area contributed by atoms with Crippen LogP contribution in [0.5, 0.6) is 0 Å². The first-order valence-electron chi connectivity index (χ1n) is 10.9. The second kappa shape index (κ2) is 9.35. The van der Waals surface area contributed by atoms with Crippen molar-refractivity contribution < 1.29 is 14.5 Å². The summed E-state index contributed by atoms with van der Waals surface area (Å²) in [7, 11) is 0. The van der Waals surface area contributed by atoms with E-state index in [1.54, 1.807) is 17.0 Å². The van der Waals surface area contributed by atoms with Gasteiger partial charge in [-0.25, -0.2) is 0 Å². The summed E-state index contributed by atoms with van der Waals surface area (Å²) in [6.07, 6.45) is 2.10. The Kier molecular flexibility index (Phi) is 6.36. The summed E-state index contributed by atoms with van der Waals surface area (Å²) in [6, 6.07) is 13.7. The van der Waals surface area contributed by atoms with E-state index in [0.29, 0.717) is 37.9 Å². The fraction of sp³-hybridized carbons (Fsp3) is 0.391. The van der Waals surface area contributed by atoms with Crippen LogP contribution in [-0.2, 0) is 4.79 Å². The minimum atomic E-state index is -0.486. The minimum Gasteiger partial charge on any atom is -0.352 e. The number of nitro groups is 1. The molecule has 2 amide bonds. The van der Waals surface area contributed by atoms with Gasteiger partial charge in [-0.05, 0) is 44.0 Å². The lowest BCUT2D eigenvalue weighted by Gasteiger charge is -2.37. The van der Waals surface area contributed by atoms with Gasteiger partial charge in [-0.3, -0.25) is 24.6 Å². The highest BCUT2D eigenvalue weighted by atomic mass is 16.6. The number of rotatable bonds is 7. The highest BCUT2D eigenvalue weighted by Gasteiger charge is 2.31. The van der Waals surface area contributed by atoms with Gasteiger partial charge in [0.1, 0.15) is 5.69 Å². The third-order valence-electron chi connectivity index (χ3n) is 5.95. The van der Waals surface area contributed by atoms with Gasteiger partial charge in [0.05, 0.1) is 11.0 Å². The number of benzene rings is 2. The molecule has 0 radical (unpaired) electrons. The van der Waals surface area contributed by atoms with Crippen LogP contribution in [0.1, 0.15) is 30.1 Å². The molecular weight excluding hydrogens is 410 g/mol. The van der Waals surface area contributed by atoms with Crippen molar-refractivity contribution in [1.29, 1.82) is 0 Å². The fourth-order valence-electron chi connectivity index (χ4n) is 3.81. The van der Waals surface area contributed by atoms with Crippen molar-refractivity contribution in [2.75, 3.05) is 31.5 Å². The number of amides is 2. The van der Waals surface area contributed by atoms with Crippen LogP contribution in [0.15, 0.2) is 48.5 Å². The molecule has 32 heavy (non-hydrogen) atoms. The Balaban J connectivity index is 1.40. The Morgan fingerprint density at radius 1 is 1.06 bits per heavy atom. The standard InChI is InChI=1S/C23H27N5O4/c1-16(22(29)25-19-8-9-19)26-11-13-27(14-12-26)23(30)17-7-10-20(21(15-17)28(31)32)24-18-5-3-2-4-6-18/h2-7,10,15-16,19,24H,8-9,11-14H2,1H3,(H,25,29)/t16-/m0/s1. The zero-order chi connectivity index (χ0) is 22.7. The molecule has 0 bridgehead atoms. The Labute approximate surface area is 186 Å². The zero-order valence-corrected chi connectivity index (χ0v) is 18.0. The topological polar surface area (TPSA) is 108 Å². The van der Waals surface area contributed by atoms with E-state index in [-0.39, 0.29) is 29.1 Å². The summed E-state index contributed by atoms with van der Waals surface area (Å²) in [5, 5.41) is 17.7. The molecule has 0 aromatic heterocycles. The molecule has 9 nitrogen and oxygen atoms in total. The molecule has 2 aliphatic rings. The number of anilines is 2. The number of nitro benzene ring substituents is 1. The summed E-state index contributed by atoms with van der Waals surface area (Å²) in [5.74, 6) is -0.210. The Hall–Kier alpha value is -3.46. The molecule has 1 aliphatic heterocycles. The maximum Gasteiger partial charge on any atom is 0.293 e. The van der Waals surface area contributed by atoms with Gasteiger partial charge in [-0.2, -0.15) is 0 Å². The number of hydrogen-bond donors (Lipinski definition) is 2. The van der Waals surface area contributed by atoms with E-state index >= 15 is 0 Å². The monoisotopic (exact) mass is 437 g/mol. The lowest BCUT2D eigenvalue weighted by molar-refractivity contribution is -0.383. The summed E-state index contributed by atoms with van der Waals surface area (Å²) in [4.78, 5) is 40.2. The van der Waals surface area contributed by atoms with Crippen LogP contribution in [0.4, 0.5) is 17.1 Å². The van der Waals surface area contributed by atoms with Crippen LogP contribution < -0.4 is 10.6 Å². The van der Waals surface area contributed by atoms with Gasteiger partial charge in [0.2, 0.25) is 5.91 Å². The molecule has 1 heterocycles. The van der Waals surface area contributed by atoms with Gasteiger partial charge in [-0.15, -0.1) is 0 Å². The fourth-order valence-corrected chi connectivity index (χ4v) is 3.81. The number of carbonyl (C=O) groups is 2. The second-order valence-corrected chi connectivity index (χ2v) is 8.27. The first-order valence-corrected chi connectivity index (χ1v) is 10.9. The summed E-state index contributed by atoms with van der Waals surface area (Å²) < 4.78 is 0. The van der Waals surface area contributed by atoms with Gasteiger partial charge >= 0.3 is 0 Å². The molecule has 0 spiro atoms. The highest BCUT2D eigenvalue weighted by Crippen LogP contribution is 2.29. The molecule has 1 saturated carbocycles. The SMILES string of the molecule is C[C@@H](C(=O)NC1CC1)N1CCN(C(=O)c2ccc(Nc3ccccc3)c([N+](=O)[O-])c2)CC1. The zero-order valence-electron chi connectivity index (χ0n) is 18.0. The van der Waals surface area contributed by atoms with Crippen molar-refractivity contribution in [1.82, 2.24) is 15.1 Å². The Morgan fingerprint density at radius 2 is 1.75 bits per heavy atom. The van der Waals surface area contributed by atoms with Crippen LogP contribution in [0, 0.1) is 10.1 Å². The number of para-hydroxylation sites is 1. The van der Waals surface area contributed by atoms with Crippen LogP contribution in [0.25, 0.3) is 0 Å². The maximum absolute atomic E-state index is 13.0. The second-order valence-electron chi connectivity index (χ2n) is 8.27. The molecule has 168 valence electrons. The normalized spacial score (nSPS) is 17.5. The van der Waals surface area contributed by atoms with Crippen LogP contribution in [0.2, 0.25) is 0 Å². The number of hydrogen-bond acceptors (Lipinski definition) is 6. The third kappa shape index (κ3) is 5.05. The summed E-state index contributed by atoms with van der Waals surface area (Å²) in [5.41, 5.74) is 1.19. The van der Waals surface area contributed by atoms with Gasteiger partial charge in [0.25, 0.3) is 11.6 Å². The first-order chi connectivity index (χ1) is 15.4. The molecule has 0 unspecified atom stereocenters. The smallest absolute Gasteiger partial charge is 0.293 e. The summed E-state index contributed by atoms with van der Waals surface area (Å²) >= 11 is 0. The largest absolute Gasteiger partial charge is 0.352 e. The number of nitrogens with zero attached hydrogens (tertiary/aromatic N) is 3. The lowest BCUT2D eigenvalue weighted by atomic mass is 10.1. The minimum absolute atomic E-state index is 0.0319. The molecule has 1 atom stereocenters. The van der Waals surface area contributed by atoms with E-state index in [0.717, 1.165) is 18.5 Å². The molecule has 2 N–H and O–H groups in total. The number of nitrogens with one attached hydrogen (secondary N) is 2. The third-order valence-corrected chi connectivity index (χ3v) is 5.95. The first kappa shape index (κ1) is 21.8.